The summed E-state index contributed by atoms with van der Waals surface area (Å²) in [6.07, 6.45) is 0. The maximum atomic E-state index is 11.6. The first-order valence-electron chi connectivity index (χ1n) is 6.23. The summed E-state index contributed by atoms with van der Waals surface area (Å²) in [6, 6.07) is 1.20. The lowest BCUT2D eigenvalue weighted by atomic mass is 10.2. The van der Waals surface area contributed by atoms with Crippen molar-refractivity contribution in [1.82, 2.24) is 0 Å². The largest absolute Gasteiger partial charge is 0.485 e. The maximum Gasteiger partial charge on any atom is 0.463 e. The van der Waals surface area contributed by atoms with E-state index in [2.05, 4.69) is 0 Å². The van der Waals surface area contributed by atoms with Gasteiger partial charge in [-0.05, 0) is 0 Å². The number of hydrogen-bond acceptors (Lipinski definition) is 4. The molecule has 0 aliphatic carbocycles. The van der Waals surface area contributed by atoms with E-state index in [9.17, 15) is 9.59 Å². The molecule has 0 aliphatic heterocycles. The van der Waals surface area contributed by atoms with E-state index in [4.69, 9.17) is 8.85 Å². The van der Waals surface area contributed by atoms with Crippen LogP contribution in [0.25, 0.3) is 0 Å². The summed E-state index contributed by atoms with van der Waals surface area (Å²) in [5.41, 5.74) is 0. The summed E-state index contributed by atoms with van der Waals surface area (Å²) in [5, 5.41) is 0. The molecule has 0 rings (SSSR count). The van der Waals surface area contributed by atoms with E-state index in [1.54, 1.807) is 27.7 Å². The van der Waals surface area contributed by atoms with Gasteiger partial charge in [-0.25, -0.2) is 0 Å². The smallest absolute Gasteiger partial charge is 0.463 e. The van der Waals surface area contributed by atoms with Crippen LogP contribution < -0.4 is 0 Å². The molecule has 0 aliphatic rings. The van der Waals surface area contributed by atoms with Gasteiger partial charge in [0.05, 0.1) is 0 Å². The van der Waals surface area contributed by atoms with Gasteiger partial charge in [0.2, 0.25) is 0 Å². The van der Waals surface area contributed by atoms with Crippen molar-refractivity contribution in [2.45, 2.75) is 53.6 Å². The number of hydrogen-bond donors (Lipinski definition) is 0. The van der Waals surface area contributed by atoms with Gasteiger partial charge in [-0.2, -0.15) is 0 Å². The van der Waals surface area contributed by atoms with Gasteiger partial charge in [0.15, 0.2) is 0 Å². The van der Waals surface area contributed by atoms with Crippen LogP contribution in [0.1, 0.15) is 41.5 Å². The van der Waals surface area contributed by atoms with Crippen LogP contribution in [0.15, 0.2) is 0 Å². The standard InChI is InChI=1S/C12H24O4Si/c1-7-17(8-2,15-11(13)9(3)4)16-12(14)10(5)6/h9-10H,7-8H2,1-6H3. The molecule has 0 unspecified atom stereocenters. The molecule has 0 saturated heterocycles. The molecule has 0 bridgehead atoms. The molecule has 17 heavy (non-hydrogen) atoms. The van der Waals surface area contributed by atoms with Gasteiger partial charge in [0, 0.05) is 23.9 Å². The number of carbonyl (C=O) groups excluding carboxylic acids is 2. The molecule has 0 atom stereocenters. The highest BCUT2D eigenvalue weighted by atomic mass is 28.4. The Morgan fingerprint density at radius 1 is 0.882 bits per heavy atom. The fraction of sp³-hybridized carbons (Fsp3) is 0.833. The number of rotatable bonds is 6. The predicted molar refractivity (Wildman–Crippen MR) is 68.6 cm³/mol. The van der Waals surface area contributed by atoms with Crippen LogP contribution >= 0.6 is 0 Å². The van der Waals surface area contributed by atoms with Crippen LogP contribution in [-0.4, -0.2) is 20.5 Å². The molecule has 0 fully saturated rings. The van der Waals surface area contributed by atoms with Crippen LogP contribution in [0.2, 0.25) is 12.1 Å². The first-order valence-corrected chi connectivity index (χ1v) is 8.46. The Bertz CT molecular complexity index is 246. The topological polar surface area (TPSA) is 52.6 Å². The first-order chi connectivity index (χ1) is 7.78. The SMILES string of the molecule is CC[Si](CC)(OC(=O)C(C)C)OC(=O)C(C)C. The quantitative estimate of drug-likeness (QED) is 0.689. The van der Waals surface area contributed by atoms with Crippen LogP contribution in [0.5, 0.6) is 0 Å². The second-order valence-electron chi connectivity index (χ2n) is 4.77. The van der Waals surface area contributed by atoms with Gasteiger partial charge < -0.3 is 8.85 Å². The van der Waals surface area contributed by atoms with Crippen molar-refractivity contribution >= 4 is 20.5 Å². The Kier molecular flexibility index (Phi) is 6.45. The maximum absolute atomic E-state index is 11.6. The van der Waals surface area contributed by atoms with Crippen molar-refractivity contribution < 1.29 is 18.4 Å². The minimum Gasteiger partial charge on any atom is -0.485 e. The molecular weight excluding hydrogens is 236 g/mol. The molecule has 0 spiro atoms. The van der Waals surface area contributed by atoms with E-state index in [1.807, 2.05) is 13.8 Å². The van der Waals surface area contributed by atoms with Crippen molar-refractivity contribution in [1.29, 1.82) is 0 Å². The molecule has 0 radical (unpaired) electrons. The summed E-state index contributed by atoms with van der Waals surface area (Å²) in [5.74, 6) is -0.954. The Labute approximate surface area is 105 Å². The van der Waals surface area contributed by atoms with Gasteiger partial charge >= 0.3 is 8.56 Å². The molecule has 0 heterocycles. The third-order valence-corrected chi connectivity index (χ3v) is 5.89. The summed E-state index contributed by atoms with van der Waals surface area (Å²) in [4.78, 5) is 23.3. The second-order valence-corrected chi connectivity index (χ2v) is 8.41. The molecule has 0 aromatic heterocycles. The van der Waals surface area contributed by atoms with E-state index in [1.165, 1.54) is 0 Å². The Hall–Kier alpha value is -0.843. The third kappa shape index (κ3) is 4.89. The molecule has 0 aromatic rings. The van der Waals surface area contributed by atoms with Gasteiger partial charge in [-0.1, -0.05) is 41.5 Å². The molecule has 0 saturated carbocycles. The summed E-state index contributed by atoms with van der Waals surface area (Å²) < 4.78 is 11.0. The van der Waals surface area contributed by atoms with Gasteiger partial charge in [-0.3, -0.25) is 9.59 Å². The van der Waals surface area contributed by atoms with Gasteiger partial charge in [-0.15, -0.1) is 0 Å². The zero-order valence-electron chi connectivity index (χ0n) is 11.7. The molecule has 0 N–H and O–H groups in total. The highest BCUT2D eigenvalue weighted by molar-refractivity contribution is 6.70. The fourth-order valence-electron chi connectivity index (χ4n) is 1.16. The zero-order chi connectivity index (χ0) is 13.6. The summed E-state index contributed by atoms with van der Waals surface area (Å²) >= 11 is 0. The van der Waals surface area contributed by atoms with Crippen molar-refractivity contribution in [2.75, 3.05) is 0 Å². The molecule has 0 aromatic carbocycles. The Balaban J connectivity index is 4.78. The van der Waals surface area contributed by atoms with Crippen molar-refractivity contribution in [2.24, 2.45) is 11.8 Å². The lowest BCUT2D eigenvalue weighted by molar-refractivity contribution is -0.145. The monoisotopic (exact) mass is 260 g/mol. The average Bonchev–Trinajstić information content (AvgIpc) is 2.27. The first kappa shape index (κ1) is 16.2. The lowest BCUT2D eigenvalue weighted by Gasteiger charge is -2.29. The predicted octanol–water partition coefficient (Wildman–Crippen LogP) is 2.87. The van der Waals surface area contributed by atoms with E-state index in [0.717, 1.165) is 0 Å². The Morgan fingerprint density at radius 3 is 1.35 bits per heavy atom. The van der Waals surface area contributed by atoms with E-state index in [0.29, 0.717) is 12.1 Å². The van der Waals surface area contributed by atoms with Gasteiger partial charge in [0.25, 0.3) is 11.9 Å². The third-order valence-electron chi connectivity index (χ3n) is 2.59. The lowest BCUT2D eigenvalue weighted by Crippen LogP contribution is -2.46. The molecule has 100 valence electrons. The van der Waals surface area contributed by atoms with Crippen LogP contribution in [0.4, 0.5) is 0 Å². The molecule has 5 heteroatoms. The Morgan fingerprint density at radius 2 is 1.18 bits per heavy atom. The highest BCUT2D eigenvalue weighted by Gasteiger charge is 2.42. The van der Waals surface area contributed by atoms with Crippen molar-refractivity contribution in [3.05, 3.63) is 0 Å². The van der Waals surface area contributed by atoms with Crippen LogP contribution in [0, 0.1) is 11.8 Å². The molecular formula is C12H24O4Si. The molecule has 4 nitrogen and oxygen atoms in total. The van der Waals surface area contributed by atoms with E-state index < -0.39 is 8.56 Å². The second kappa shape index (κ2) is 6.79. The van der Waals surface area contributed by atoms with Gasteiger partial charge in [0.1, 0.15) is 0 Å². The molecule has 0 amide bonds. The summed E-state index contributed by atoms with van der Waals surface area (Å²) in [6.45, 7) is 10.9. The minimum atomic E-state index is -2.69. The highest BCUT2D eigenvalue weighted by Crippen LogP contribution is 2.21. The number of carbonyl (C=O) groups is 2. The van der Waals surface area contributed by atoms with E-state index >= 15 is 0 Å². The summed E-state index contributed by atoms with van der Waals surface area (Å²) in [7, 11) is -2.69. The van der Waals surface area contributed by atoms with E-state index in [-0.39, 0.29) is 23.8 Å². The minimum absolute atomic E-state index is 0.197. The fourth-order valence-corrected chi connectivity index (χ4v) is 3.49. The normalized spacial score (nSPS) is 11.8. The van der Waals surface area contributed by atoms with Crippen LogP contribution in [-0.2, 0) is 18.4 Å². The van der Waals surface area contributed by atoms with Crippen LogP contribution in [0.3, 0.4) is 0 Å². The zero-order valence-corrected chi connectivity index (χ0v) is 12.7. The van der Waals surface area contributed by atoms with Crippen molar-refractivity contribution in [3.8, 4) is 0 Å². The van der Waals surface area contributed by atoms with Crippen molar-refractivity contribution in [3.63, 3.8) is 0 Å². The average molecular weight is 260 g/mol.